The quantitative estimate of drug-likeness (QED) is 0.808. The number of nitrogens with zero attached hydrogens (tertiary/aromatic N) is 1. The Kier molecular flexibility index (Phi) is 2.69. The van der Waals surface area contributed by atoms with Crippen molar-refractivity contribution in [3.05, 3.63) is 46.3 Å². The van der Waals surface area contributed by atoms with E-state index in [4.69, 9.17) is 5.73 Å². The van der Waals surface area contributed by atoms with E-state index in [2.05, 4.69) is 42.0 Å². The Morgan fingerprint density at radius 1 is 1.25 bits per heavy atom. The fourth-order valence-electron chi connectivity index (χ4n) is 1.92. The lowest BCUT2D eigenvalue weighted by Gasteiger charge is -2.05. The molecule has 0 unspecified atom stereocenters. The second-order valence-electron chi connectivity index (χ2n) is 4.30. The van der Waals surface area contributed by atoms with Gasteiger partial charge in [-0.05, 0) is 31.9 Å². The van der Waals surface area contributed by atoms with Crippen LogP contribution in [0.25, 0.3) is 0 Å². The topological polar surface area (TPSA) is 54.7 Å². The summed E-state index contributed by atoms with van der Waals surface area (Å²) >= 11 is 0. The molecule has 1 aromatic carbocycles. The lowest BCUT2D eigenvalue weighted by atomic mass is 10.0. The Morgan fingerprint density at radius 3 is 2.56 bits per heavy atom. The Bertz CT molecular complexity index is 512. The standard InChI is InChI=1S/C13H17N3/c1-8-4-5-11(9(2)6-8)7-12-10(3)15-13(14)16-12/h4-6H,7H2,1-3H3,(H3,14,15,16). The average molecular weight is 215 g/mol. The molecule has 0 spiro atoms. The zero-order chi connectivity index (χ0) is 11.7. The van der Waals surface area contributed by atoms with Crippen LogP contribution >= 0.6 is 0 Å². The predicted molar refractivity (Wildman–Crippen MR) is 66.5 cm³/mol. The van der Waals surface area contributed by atoms with Gasteiger partial charge in [0.2, 0.25) is 0 Å². The number of hydrogen-bond donors (Lipinski definition) is 2. The van der Waals surface area contributed by atoms with E-state index in [1.54, 1.807) is 0 Å². The van der Waals surface area contributed by atoms with Crippen molar-refractivity contribution in [1.82, 2.24) is 9.97 Å². The monoisotopic (exact) mass is 215 g/mol. The van der Waals surface area contributed by atoms with Crippen LogP contribution in [0.3, 0.4) is 0 Å². The molecule has 3 N–H and O–H groups in total. The molecule has 1 aromatic heterocycles. The molecule has 0 saturated carbocycles. The molecule has 0 saturated heterocycles. The van der Waals surface area contributed by atoms with Gasteiger partial charge in [0.15, 0.2) is 5.95 Å². The number of imidazole rings is 1. The Hall–Kier alpha value is -1.77. The van der Waals surface area contributed by atoms with Gasteiger partial charge in [-0.25, -0.2) is 4.98 Å². The number of anilines is 1. The summed E-state index contributed by atoms with van der Waals surface area (Å²) in [6.07, 6.45) is 0.839. The van der Waals surface area contributed by atoms with Crippen molar-refractivity contribution in [3.63, 3.8) is 0 Å². The lowest BCUT2D eigenvalue weighted by molar-refractivity contribution is 1.06. The third kappa shape index (κ3) is 2.08. The van der Waals surface area contributed by atoms with Crippen LogP contribution in [0.4, 0.5) is 5.95 Å². The summed E-state index contributed by atoms with van der Waals surface area (Å²) in [5.41, 5.74) is 11.6. The van der Waals surface area contributed by atoms with Gasteiger partial charge in [0.25, 0.3) is 0 Å². The fourth-order valence-corrected chi connectivity index (χ4v) is 1.92. The first-order valence-electron chi connectivity index (χ1n) is 5.43. The zero-order valence-corrected chi connectivity index (χ0v) is 9.96. The maximum Gasteiger partial charge on any atom is 0.197 e. The molecule has 3 nitrogen and oxygen atoms in total. The minimum atomic E-state index is 0.497. The molecule has 2 rings (SSSR count). The molecule has 0 aliphatic carbocycles. The maximum atomic E-state index is 5.63. The Labute approximate surface area is 95.7 Å². The molecule has 0 amide bonds. The van der Waals surface area contributed by atoms with E-state index in [1.807, 2.05) is 6.92 Å². The molecule has 2 aromatic rings. The molecule has 84 valence electrons. The number of aromatic nitrogens is 2. The van der Waals surface area contributed by atoms with Crippen LogP contribution in [-0.4, -0.2) is 9.97 Å². The largest absolute Gasteiger partial charge is 0.369 e. The van der Waals surface area contributed by atoms with E-state index in [-0.39, 0.29) is 0 Å². The van der Waals surface area contributed by atoms with Crippen LogP contribution in [0.15, 0.2) is 18.2 Å². The minimum absolute atomic E-state index is 0.497. The third-order valence-corrected chi connectivity index (χ3v) is 2.86. The lowest BCUT2D eigenvalue weighted by Crippen LogP contribution is -1.95. The van der Waals surface area contributed by atoms with Crippen molar-refractivity contribution >= 4 is 5.95 Å². The van der Waals surface area contributed by atoms with Crippen molar-refractivity contribution in [1.29, 1.82) is 0 Å². The van der Waals surface area contributed by atoms with Gasteiger partial charge in [-0.3, -0.25) is 0 Å². The fraction of sp³-hybridized carbons (Fsp3) is 0.308. The maximum absolute atomic E-state index is 5.63. The molecule has 1 heterocycles. The molecule has 0 atom stereocenters. The minimum Gasteiger partial charge on any atom is -0.369 e. The van der Waals surface area contributed by atoms with E-state index in [0.717, 1.165) is 17.8 Å². The first-order valence-corrected chi connectivity index (χ1v) is 5.43. The first kappa shape index (κ1) is 10.7. The van der Waals surface area contributed by atoms with Crippen molar-refractivity contribution in [2.75, 3.05) is 5.73 Å². The van der Waals surface area contributed by atoms with Gasteiger partial charge < -0.3 is 10.7 Å². The van der Waals surface area contributed by atoms with Crippen LogP contribution < -0.4 is 5.73 Å². The molecule has 0 fully saturated rings. The van der Waals surface area contributed by atoms with E-state index < -0.39 is 0 Å². The van der Waals surface area contributed by atoms with Gasteiger partial charge in [-0.2, -0.15) is 0 Å². The SMILES string of the molecule is Cc1ccc(Cc2nc(N)[nH]c2C)c(C)c1. The highest BCUT2D eigenvalue weighted by Gasteiger charge is 2.07. The van der Waals surface area contributed by atoms with Gasteiger partial charge in [-0.1, -0.05) is 23.8 Å². The third-order valence-electron chi connectivity index (χ3n) is 2.86. The molecule has 0 aliphatic rings. The molecule has 0 bridgehead atoms. The highest BCUT2D eigenvalue weighted by atomic mass is 15.0. The smallest absolute Gasteiger partial charge is 0.197 e. The number of benzene rings is 1. The molecule has 0 radical (unpaired) electrons. The molecular weight excluding hydrogens is 198 g/mol. The van der Waals surface area contributed by atoms with Crippen LogP contribution in [-0.2, 0) is 6.42 Å². The summed E-state index contributed by atoms with van der Waals surface area (Å²) in [7, 11) is 0. The number of nitrogens with one attached hydrogen (secondary N) is 1. The van der Waals surface area contributed by atoms with E-state index in [0.29, 0.717) is 5.95 Å². The zero-order valence-electron chi connectivity index (χ0n) is 9.96. The summed E-state index contributed by atoms with van der Waals surface area (Å²) in [5.74, 6) is 0.497. The van der Waals surface area contributed by atoms with Crippen molar-refractivity contribution < 1.29 is 0 Å². The van der Waals surface area contributed by atoms with Crippen molar-refractivity contribution in [2.45, 2.75) is 27.2 Å². The number of aromatic amines is 1. The van der Waals surface area contributed by atoms with Crippen molar-refractivity contribution in [2.24, 2.45) is 0 Å². The molecule has 0 aliphatic heterocycles. The normalized spacial score (nSPS) is 10.7. The summed E-state index contributed by atoms with van der Waals surface area (Å²) in [5, 5.41) is 0. The highest BCUT2D eigenvalue weighted by molar-refractivity contribution is 5.36. The van der Waals surface area contributed by atoms with E-state index in [9.17, 15) is 0 Å². The number of H-pyrrole nitrogens is 1. The Balaban J connectivity index is 2.30. The van der Waals surface area contributed by atoms with E-state index >= 15 is 0 Å². The van der Waals surface area contributed by atoms with Crippen LogP contribution in [0.2, 0.25) is 0 Å². The number of rotatable bonds is 2. The van der Waals surface area contributed by atoms with Gasteiger partial charge in [0, 0.05) is 12.1 Å². The van der Waals surface area contributed by atoms with Crippen LogP contribution in [0.5, 0.6) is 0 Å². The van der Waals surface area contributed by atoms with Gasteiger partial charge in [0.05, 0.1) is 5.69 Å². The summed E-state index contributed by atoms with van der Waals surface area (Å²) in [4.78, 5) is 7.32. The number of nitrogen functional groups attached to an aromatic ring is 1. The molecule has 16 heavy (non-hydrogen) atoms. The second-order valence-corrected chi connectivity index (χ2v) is 4.30. The first-order chi connectivity index (χ1) is 7.56. The molecule has 3 heteroatoms. The Morgan fingerprint density at radius 2 is 2.00 bits per heavy atom. The highest BCUT2D eigenvalue weighted by Crippen LogP contribution is 2.17. The summed E-state index contributed by atoms with van der Waals surface area (Å²) in [6, 6.07) is 6.49. The van der Waals surface area contributed by atoms with Crippen LogP contribution in [0, 0.1) is 20.8 Å². The van der Waals surface area contributed by atoms with E-state index in [1.165, 1.54) is 16.7 Å². The predicted octanol–water partition coefficient (Wildman–Crippen LogP) is 2.51. The average Bonchev–Trinajstić information content (AvgIpc) is 2.50. The summed E-state index contributed by atoms with van der Waals surface area (Å²) in [6.45, 7) is 6.24. The van der Waals surface area contributed by atoms with Crippen molar-refractivity contribution in [3.8, 4) is 0 Å². The number of aryl methyl sites for hydroxylation is 3. The second kappa shape index (κ2) is 4.00. The van der Waals surface area contributed by atoms with Crippen LogP contribution in [0.1, 0.15) is 28.1 Å². The summed E-state index contributed by atoms with van der Waals surface area (Å²) < 4.78 is 0. The van der Waals surface area contributed by atoms with Gasteiger partial charge in [0.1, 0.15) is 0 Å². The number of hydrogen-bond acceptors (Lipinski definition) is 2. The van der Waals surface area contributed by atoms with Gasteiger partial charge in [-0.15, -0.1) is 0 Å². The molecular formula is C13H17N3. The van der Waals surface area contributed by atoms with Gasteiger partial charge >= 0.3 is 0 Å². The number of nitrogens with two attached hydrogens (primary N) is 1.